The van der Waals surface area contributed by atoms with Crippen molar-refractivity contribution in [2.24, 2.45) is 0 Å². The van der Waals surface area contributed by atoms with Crippen LogP contribution in [0.2, 0.25) is 5.02 Å². The lowest BCUT2D eigenvalue weighted by Gasteiger charge is -2.05. The third kappa shape index (κ3) is 3.67. The van der Waals surface area contributed by atoms with Gasteiger partial charge in [-0.15, -0.1) is 11.3 Å². The molecule has 3 nitrogen and oxygen atoms in total. The smallest absolute Gasteiger partial charge is 0.0885 e. The van der Waals surface area contributed by atoms with Crippen LogP contribution in [0.4, 0.5) is 0 Å². The molecule has 80 valence electrons. The lowest BCUT2D eigenvalue weighted by Crippen LogP contribution is -2.21. The Bertz CT molecular complexity index is 313. The number of aliphatic hydroxyl groups excluding tert-OH is 2. The summed E-state index contributed by atoms with van der Waals surface area (Å²) in [4.78, 5) is 0.857. The second-order valence-electron chi connectivity index (χ2n) is 2.78. The summed E-state index contributed by atoms with van der Waals surface area (Å²) in [6, 6.07) is 1.75. The SMILES string of the molecule is O=S(Cc1sccc1Cl)C[C@@H](O)CO. The highest BCUT2D eigenvalue weighted by molar-refractivity contribution is 7.84. The van der Waals surface area contributed by atoms with Gasteiger partial charge >= 0.3 is 0 Å². The molecule has 2 atom stereocenters. The molecule has 0 aliphatic heterocycles. The van der Waals surface area contributed by atoms with E-state index in [1.54, 1.807) is 6.07 Å². The summed E-state index contributed by atoms with van der Waals surface area (Å²) >= 11 is 7.26. The standard InChI is InChI=1S/C8H11ClO3S2/c9-7-1-2-13-8(7)5-14(12)4-6(11)3-10/h1-2,6,10-11H,3-5H2/t6-,14?/m0/s1. The third-order valence-electron chi connectivity index (χ3n) is 1.57. The van der Waals surface area contributed by atoms with Crippen LogP contribution in [0.15, 0.2) is 11.4 Å². The van der Waals surface area contributed by atoms with Crippen molar-refractivity contribution in [2.45, 2.75) is 11.9 Å². The largest absolute Gasteiger partial charge is 0.394 e. The molecule has 1 aromatic rings. The molecule has 0 bridgehead atoms. The van der Waals surface area contributed by atoms with Gasteiger partial charge in [0.2, 0.25) is 0 Å². The molecule has 14 heavy (non-hydrogen) atoms. The van der Waals surface area contributed by atoms with Crippen molar-refractivity contribution in [3.63, 3.8) is 0 Å². The van der Waals surface area contributed by atoms with Crippen LogP contribution in [0.5, 0.6) is 0 Å². The van der Waals surface area contributed by atoms with Crippen LogP contribution in [0.1, 0.15) is 4.88 Å². The average Bonchev–Trinajstić information content (AvgIpc) is 2.51. The molecule has 0 radical (unpaired) electrons. The lowest BCUT2D eigenvalue weighted by molar-refractivity contribution is 0.113. The van der Waals surface area contributed by atoms with Crippen LogP contribution in [-0.4, -0.2) is 32.9 Å². The number of rotatable bonds is 5. The lowest BCUT2D eigenvalue weighted by atomic mass is 10.4. The van der Waals surface area contributed by atoms with Crippen molar-refractivity contribution < 1.29 is 14.4 Å². The van der Waals surface area contributed by atoms with Crippen LogP contribution in [0.3, 0.4) is 0 Å². The number of halogens is 1. The molecular formula is C8H11ClO3S2. The fraction of sp³-hybridized carbons (Fsp3) is 0.500. The van der Waals surface area contributed by atoms with Gasteiger partial charge < -0.3 is 10.2 Å². The fourth-order valence-electron chi connectivity index (χ4n) is 0.901. The molecule has 1 unspecified atom stereocenters. The van der Waals surface area contributed by atoms with E-state index in [0.717, 1.165) is 4.88 Å². The zero-order valence-corrected chi connectivity index (χ0v) is 9.74. The third-order valence-corrected chi connectivity index (χ3v) is 4.51. The molecule has 1 heterocycles. The Labute approximate surface area is 93.8 Å². The van der Waals surface area contributed by atoms with E-state index in [4.69, 9.17) is 21.8 Å². The molecule has 0 amide bonds. The van der Waals surface area contributed by atoms with Gasteiger partial charge in [-0.25, -0.2) is 0 Å². The first-order valence-electron chi connectivity index (χ1n) is 3.99. The fourth-order valence-corrected chi connectivity index (χ4v) is 3.63. The van der Waals surface area contributed by atoms with E-state index >= 15 is 0 Å². The molecule has 1 rings (SSSR count). The number of hydrogen-bond donors (Lipinski definition) is 2. The summed E-state index contributed by atoms with van der Waals surface area (Å²) in [6.07, 6.45) is -0.908. The van der Waals surface area contributed by atoms with Gasteiger partial charge in [-0.2, -0.15) is 0 Å². The van der Waals surface area contributed by atoms with Gasteiger partial charge in [0, 0.05) is 15.7 Å². The first kappa shape index (κ1) is 12.1. The van der Waals surface area contributed by atoms with E-state index in [1.807, 2.05) is 5.38 Å². The minimum atomic E-state index is -1.17. The summed E-state index contributed by atoms with van der Waals surface area (Å²) in [6.45, 7) is -0.357. The van der Waals surface area contributed by atoms with Gasteiger partial charge in [0.25, 0.3) is 0 Å². The molecule has 0 spiro atoms. The van der Waals surface area contributed by atoms with E-state index in [-0.39, 0.29) is 12.4 Å². The van der Waals surface area contributed by atoms with E-state index in [2.05, 4.69) is 0 Å². The Kier molecular flexibility index (Phi) is 5.05. The molecule has 2 N–H and O–H groups in total. The molecule has 0 aromatic carbocycles. The quantitative estimate of drug-likeness (QED) is 0.824. The Morgan fingerprint density at radius 3 is 2.86 bits per heavy atom. The Morgan fingerprint density at radius 2 is 2.36 bits per heavy atom. The van der Waals surface area contributed by atoms with Gasteiger partial charge in [0.15, 0.2) is 0 Å². The highest BCUT2D eigenvalue weighted by Crippen LogP contribution is 2.23. The summed E-state index contributed by atoms with van der Waals surface area (Å²) in [7, 11) is -1.17. The highest BCUT2D eigenvalue weighted by atomic mass is 35.5. The van der Waals surface area contributed by atoms with Crippen LogP contribution < -0.4 is 0 Å². The predicted molar refractivity (Wildman–Crippen MR) is 59.1 cm³/mol. The molecule has 0 saturated heterocycles. The molecule has 6 heteroatoms. The Morgan fingerprint density at radius 1 is 1.64 bits per heavy atom. The van der Waals surface area contributed by atoms with Gasteiger partial charge in [0.1, 0.15) is 0 Å². The molecule has 1 aromatic heterocycles. The van der Waals surface area contributed by atoms with E-state index in [0.29, 0.717) is 10.8 Å². The second kappa shape index (κ2) is 5.82. The number of aliphatic hydroxyl groups is 2. The van der Waals surface area contributed by atoms with Crippen LogP contribution in [0.25, 0.3) is 0 Å². The minimum absolute atomic E-state index is 0.0880. The van der Waals surface area contributed by atoms with Gasteiger partial charge in [-0.3, -0.25) is 4.21 Å². The second-order valence-corrected chi connectivity index (χ2v) is 5.69. The van der Waals surface area contributed by atoms with Crippen LogP contribution in [-0.2, 0) is 16.6 Å². The molecular weight excluding hydrogens is 244 g/mol. The topological polar surface area (TPSA) is 57.5 Å². The van der Waals surface area contributed by atoms with Crippen molar-refractivity contribution in [2.75, 3.05) is 12.4 Å². The number of hydrogen-bond acceptors (Lipinski definition) is 4. The maximum absolute atomic E-state index is 11.4. The maximum atomic E-state index is 11.4. The van der Waals surface area contributed by atoms with Crippen LogP contribution >= 0.6 is 22.9 Å². The van der Waals surface area contributed by atoms with Crippen molar-refractivity contribution in [3.8, 4) is 0 Å². The van der Waals surface area contributed by atoms with Crippen molar-refractivity contribution in [1.29, 1.82) is 0 Å². The Hall–Kier alpha value is 0.0600. The van der Waals surface area contributed by atoms with Crippen molar-refractivity contribution in [3.05, 3.63) is 21.3 Å². The average molecular weight is 255 g/mol. The molecule has 0 aliphatic rings. The zero-order chi connectivity index (χ0) is 10.6. The van der Waals surface area contributed by atoms with E-state index in [1.165, 1.54) is 11.3 Å². The summed E-state index contributed by atoms with van der Waals surface area (Å²) in [5, 5.41) is 20.1. The normalized spacial score (nSPS) is 15.4. The van der Waals surface area contributed by atoms with Gasteiger partial charge in [-0.1, -0.05) is 11.6 Å². The van der Waals surface area contributed by atoms with Crippen molar-refractivity contribution >= 4 is 33.7 Å². The zero-order valence-electron chi connectivity index (χ0n) is 7.35. The first-order chi connectivity index (χ1) is 6.63. The van der Waals surface area contributed by atoms with Crippen LogP contribution in [0, 0.1) is 0 Å². The van der Waals surface area contributed by atoms with Gasteiger partial charge in [0.05, 0.1) is 29.2 Å². The molecule has 0 saturated carbocycles. The monoisotopic (exact) mass is 254 g/mol. The maximum Gasteiger partial charge on any atom is 0.0885 e. The van der Waals surface area contributed by atoms with Crippen molar-refractivity contribution in [1.82, 2.24) is 0 Å². The Balaban J connectivity index is 2.45. The first-order valence-corrected chi connectivity index (χ1v) is 6.73. The minimum Gasteiger partial charge on any atom is -0.394 e. The number of thiophene rings is 1. The molecule has 0 fully saturated rings. The van der Waals surface area contributed by atoms with Gasteiger partial charge in [-0.05, 0) is 11.4 Å². The molecule has 0 aliphatic carbocycles. The highest BCUT2D eigenvalue weighted by Gasteiger charge is 2.11. The summed E-state index contributed by atoms with van der Waals surface area (Å²) in [5.74, 6) is 0.429. The van der Waals surface area contributed by atoms with E-state index < -0.39 is 16.9 Å². The predicted octanol–water partition coefficient (Wildman–Crippen LogP) is 1.00. The summed E-state index contributed by atoms with van der Waals surface area (Å²) in [5.41, 5.74) is 0. The summed E-state index contributed by atoms with van der Waals surface area (Å²) < 4.78 is 11.4. The van der Waals surface area contributed by atoms with E-state index in [9.17, 15) is 4.21 Å².